The number of hydrogen-bond acceptors (Lipinski definition) is 2. The topological polar surface area (TPSA) is 46.0 Å². The molecule has 1 aliphatic carbocycles. The van der Waals surface area contributed by atoms with Gasteiger partial charge in [0, 0.05) is 5.92 Å². The van der Waals surface area contributed by atoms with Crippen LogP contribution in [0.2, 0.25) is 0 Å². The molecule has 0 spiro atoms. The minimum atomic E-state index is -0.307. The Bertz CT molecular complexity index is 331. The van der Waals surface area contributed by atoms with Gasteiger partial charge in [0.2, 0.25) is 0 Å². The summed E-state index contributed by atoms with van der Waals surface area (Å²) in [4.78, 5) is 13.6. The molecule has 1 aromatic heterocycles. The predicted molar refractivity (Wildman–Crippen MR) is 49.9 cm³/mol. The number of aromatic amines is 1. The average molecular weight is 181 g/mol. The van der Waals surface area contributed by atoms with Crippen molar-refractivity contribution in [1.82, 2.24) is 4.98 Å². The zero-order valence-electron chi connectivity index (χ0n) is 7.93. The summed E-state index contributed by atoms with van der Waals surface area (Å²) >= 11 is 0. The lowest BCUT2D eigenvalue weighted by Gasteiger charge is -2.19. The molecule has 13 heavy (non-hydrogen) atoms. The van der Waals surface area contributed by atoms with Crippen molar-refractivity contribution in [1.29, 1.82) is 0 Å². The van der Waals surface area contributed by atoms with Crippen LogP contribution in [0.15, 0.2) is 9.21 Å². The van der Waals surface area contributed by atoms with Crippen LogP contribution in [0.4, 0.5) is 0 Å². The normalized spacial score (nSPS) is 19.2. The molecule has 72 valence electrons. The van der Waals surface area contributed by atoms with Crippen molar-refractivity contribution in [2.75, 3.05) is 0 Å². The van der Waals surface area contributed by atoms with E-state index in [2.05, 4.69) is 4.98 Å². The van der Waals surface area contributed by atoms with Crippen LogP contribution >= 0.6 is 0 Å². The fourth-order valence-corrected chi connectivity index (χ4v) is 2.17. The van der Waals surface area contributed by atoms with E-state index < -0.39 is 0 Å². The van der Waals surface area contributed by atoms with Gasteiger partial charge in [0.25, 0.3) is 0 Å². The first-order chi connectivity index (χ1) is 6.27. The first kappa shape index (κ1) is 8.60. The second kappa shape index (κ2) is 3.40. The van der Waals surface area contributed by atoms with Crippen LogP contribution in [0.1, 0.15) is 49.5 Å². The number of aryl methyl sites for hydroxylation is 1. The Kier molecular flexibility index (Phi) is 2.25. The smallest absolute Gasteiger partial charge is 0.412 e. The molecule has 1 heterocycles. The maximum absolute atomic E-state index is 10.9. The molecule has 0 radical (unpaired) electrons. The third-order valence-electron chi connectivity index (χ3n) is 2.84. The second-order valence-corrected chi connectivity index (χ2v) is 3.84. The Morgan fingerprint density at radius 1 is 1.31 bits per heavy atom. The lowest BCUT2D eigenvalue weighted by atomic mass is 9.87. The fourth-order valence-electron chi connectivity index (χ4n) is 2.17. The summed E-state index contributed by atoms with van der Waals surface area (Å²) in [7, 11) is 0. The molecule has 0 saturated heterocycles. The molecule has 1 fully saturated rings. The molecule has 0 aliphatic heterocycles. The van der Waals surface area contributed by atoms with Gasteiger partial charge in [0.1, 0.15) is 5.76 Å². The third kappa shape index (κ3) is 1.69. The molecule has 3 heteroatoms. The number of hydrogen-bond donors (Lipinski definition) is 1. The van der Waals surface area contributed by atoms with Gasteiger partial charge in [0.05, 0.1) is 5.69 Å². The van der Waals surface area contributed by atoms with Gasteiger partial charge in [-0.3, -0.25) is 4.98 Å². The van der Waals surface area contributed by atoms with Gasteiger partial charge in [-0.2, -0.15) is 0 Å². The summed E-state index contributed by atoms with van der Waals surface area (Å²) in [6.07, 6.45) is 6.19. The van der Waals surface area contributed by atoms with Crippen molar-refractivity contribution < 1.29 is 4.42 Å². The number of rotatable bonds is 1. The largest absolute Gasteiger partial charge is 0.416 e. The Morgan fingerprint density at radius 3 is 2.54 bits per heavy atom. The van der Waals surface area contributed by atoms with E-state index in [0.29, 0.717) is 5.92 Å². The van der Waals surface area contributed by atoms with E-state index in [0.717, 1.165) is 11.5 Å². The highest BCUT2D eigenvalue weighted by atomic mass is 16.4. The third-order valence-corrected chi connectivity index (χ3v) is 2.84. The molecule has 0 amide bonds. The summed E-state index contributed by atoms with van der Waals surface area (Å²) in [5, 5.41) is 0. The summed E-state index contributed by atoms with van der Waals surface area (Å²) in [5.74, 6) is 1.07. The van der Waals surface area contributed by atoms with Crippen molar-refractivity contribution in [3.05, 3.63) is 22.0 Å². The van der Waals surface area contributed by atoms with E-state index in [-0.39, 0.29) is 5.76 Å². The molecule has 1 N–H and O–H groups in total. The van der Waals surface area contributed by atoms with E-state index in [1.807, 2.05) is 6.92 Å². The van der Waals surface area contributed by atoms with Gasteiger partial charge in [-0.05, 0) is 19.8 Å². The van der Waals surface area contributed by atoms with Crippen molar-refractivity contribution >= 4 is 0 Å². The maximum atomic E-state index is 10.9. The van der Waals surface area contributed by atoms with E-state index in [1.165, 1.54) is 32.1 Å². The number of nitrogens with one attached hydrogen (secondary N) is 1. The van der Waals surface area contributed by atoms with Crippen molar-refractivity contribution in [3.63, 3.8) is 0 Å². The number of H-pyrrole nitrogens is 1. The highest BCUT2D eigenvalue weighted by molar-refractivity contribution is 5.11. The van der Waals surface area contributed by atoms with Crippen LogP contribution in [-0.2, 0) is 0 Å². The van der Waals surface area contributed by atoms with Crippen molar-refractivity contribution in [3.8, 4) is 0 Å². The summed E-state index contributed by atoms with van der Waals surface area (Å²) in [6.45, 7) is 1.91. The molecule has 1 aromatic rings. The molecular formula is C10H15NO2. The molecule has 0 atom stereocenters. The van der Waals surface area contributed by atoms with Gasteiger partial charge in [-0.25, -0.2) is 4.79 Å². The molecule has 0 aromatic carbocycles. The van der Waals surface area contributed by atoms with E-state index in [1.54, 1.807) is 0 Å². The molecular weight excluding hydrogens is 166 g/mol. The average Bonchev–Trinajstić information content (AvgIpc) is 2.47. The second-order valence-electron chi connectivity index (χ2n) is 3.84. The number of aromatic nitrogens is 1. The summed E-state index contributed by atoms with van der Waals surface area (Å²) in [5.41, 5.74) is 0.914. The molecule has 0 bridgehead atoms. The van der Waals surface area contributed by atoms with Crippen LogP contribution in [0, 0.1) is 6.92 Å². The van der Waals surface area contributed by atoms with Gasteiger partial charge >= 0.3 is 5.76 Å². The Labute approximate surface area is 77.2 Å². The highest BCUT2D eigenvalue weighted by Gasteiger charge is 2.21. The lowest BCUT2D eigenvalue weighted by Crippen LogP contribution is -2.04. The SMILES string of the molecule is Cc1[nH]c(=O)oc1C1CCCCC1. The first-order valence-corrected chi connectivity index (χ1v) is 4.97. The predicted octanol–water partition coefficient (Wildman–Crippen LogP) is 2.32. The first-order valence-electron chi connectivity index (χ1n) is 4.97. The van der Waals surface area contributed by atoms with Crippen LogP contribution in [-0.4, -0.2) is 4.98 Å². The molecule has 1 saturated carbocycles. The quantitative estimate of drug-likeness (QED) is 0.722. The van der Waals surface area contributed by atoms with Gasteiger partial charge in [0.15, 0.2) is 0 Å². The van der Waals surface area contributed by atoms with Gasteiger partial charge < -0.3 is 4.42 Å². The summed E-state index contributed by atoms with van der Waals surface area (Å²) < 4.78 is 5.14. The van der Waals surface area contributed by atoms with Crippen LogP contribution in [0.3, 0.4) is 0 Å². The Balaban J connectivity index is 2.23. The van der Waals surface area contributed by atoms with E-state index in [4.69, 9.17) is 4.42 Å². The monoisotopic (exact) mass is 181 g/mol. The summed E-state index contributed by atoms with van der Waals surface area (Å²) in [6, 6.07) is 0. The fraction of sp³-hybridized carbons (Fsp3) is 0.700. The minimum Gasteiger partial charge on any atom is -0.412 e. The molecule has 1 aliphatic rings. The van der Waals surface area contributed by atoms with Crippen LogP contribution < -0.4 is 5.76 Å². The Hall–Kier alpha value is -0.990. The molecule has 3 nitrogen and oxygen atoms in total. The van der Waals surface area contributed by atoms with Crippen LogP contribution in [0.5, 0.6) is 0 Å². The highest BCUT2D eigenvalue weighted by Crippen LogP contribution is 2.33. The maximum Gasteiger partial charge on any atom is 0.416 e. The minimum absolute atomic E-state index is 0.307. The van der Waals surface area contributed by atoms with Crippen molar-refractivity contribution in [2.45, 2.75) is 44.9 Å². The molecule has 2 rings (SSSR count). The lowest BCUT2D eigenvalue weighted by molar-refractivity contribution is 0.361. The number of oxazole rings is 1. The van der Waals surface area contributed by atoms with E-state index in [9.17, 15) is 4.79 Å². The van der Waals surface area contributed by atoms with Crippen LogP contribution in [0.25, 0.3) is 0 Å². The zero-order valence-corrected chi connectivity index (χ0v) is 7.93. The molecule has 0 unspecified atom stereocenters. The van der Waals surface area contributed by atoms with Crippen molar-refractivity contribution in [2.24, 2.45) is 0 Å². The zero-order chi connectivity index (χ0) is 9.26. The van der Waals surface area contributed by atoms with Gasteiger partial charge in [-0.1, -0.05) is 19.3 Å². The standard InChI is InChI=1S/C10H15NO2/c1-7-9(13-10(12)11-7)8-5-3-2-4-6-8/h8H,2-6H2,1H3,(H,11,12). The van der Waals surface area contributed by atoms with Gasteiger partial charge in [-0.15, -0.1) is 0 Å². The Morgan fingerprint density at radius 2 is 2.00 bits per heavy atom. The van der Waals surface area contributed by atoms with E-state index >= 15 is 0 Å².